The fourth-order valence-corrected chi connectivity index (χ4v) is 4.56. The van der Waals surface area contributed by atoms with Crippen molar-refractivity contribution in [3.8, 4) is 0 Å². The average Bonchev–Trinajstić information content (AvgIpc) is 2.66. The van der Waals surface area contributed by atoms with Gasteiger partial charge in [0.2, 0.25) is 0 Å². The molecule has 154 valence electrons. The Balaban J connectivity index is 2.00. The predicted molar refractivity (Wildman–Crippen MR) is 121 cm³/mol. The van der Waals surface area contributed by atoms with Crippen LogP contribution in [-0.4, -0.2) is 31.4 Å². The summed E-state index contributed by atoms with van der Waals surface area (Å²) < 4.78 is 4.81. The Kier molecular flexibility index (Phi) is 6.04. The number of ether oxygens (including phenoxy) is 1. The van der Waals surface area contributed by atoms with E-state index in [2.05, 4.69) is 49.7 Å². The Morgan fingerprint density at radius 3 is 2.72 bits per heavy atom. The van der Waals surface area contributed by atoms with Crippen molar-refractivity contribution in [2.75, 3.05) is 18.6 Å². The Bertz CT molecular complexity index is 966. The van der Waals surface area contributed by atoms with E-state index in [1.165, 1.54) is 18.4 Å². The van der Waals surface area contributed by atoms with Gasteiger partial charge in [-0.25, -0.2) is 4.79 Å². The second-order valence-corrected chi connectivity index (χ2v) is 8.75. The lowest BCUT2D eigenvalue weighted by Crippen LogP contribution is -2.48. The van der Waals surface area contributed by atoms with E-state index in [-0.39, 0.29) is 11.5 Å². The highest BCUT2D eigenvalue weighted by Crippen LogP contribution is 2.44. The summed E-state index contributed by atoms with van der Waals surface area (Å²) >= 11 is 6.64. The van der Waals surface area contributed by atoms with Crippen molar-refractivity contribution >= 4 is 35.2 Å². The predicted octanol–water partition coefficient (Wildman–Crippen LogP) is 6.30. The molecule has 0 aromatic heterocycles. The van der Waals surface area contributed by atoms with Crippen molar-refractivity contribution in [1.82, 2.24) is 0 Å². The molecule has 1 atom stereocenters. The van der Waals surface area contributed by atoms with E-state index in [0.717, 1.165) is 29.8 Å². The number of hydrogen-bond acceptors (Lipinski definition) is 4. The van der Waals surface area contributed by atoms with Gasteiger partial charge in [0.05, 0.1) is 23.4 Å². The van der Waals surface area contributed by atoms with E-state index in [0.29, 0.717) is 16.5 Å². The number of hydrogen-bond donors (Lipinski definition) is 0. The monoisotopic (exact) mass is 412 g/mol. The second kappa shape index (κ2) is 8.19. The molecule has 1 aliphatic heterocycles. The Labute approximate surface area is 178 Å². The lowest BCUT2D eigenvalue weighted by Gasteiger charge is -2.47. The zero-order valence-corrected chi connectivity index (χ0v) is 18.8. The molecule has 0 amide bonds. The van der Waals surface area contributed by atoms with Crippen molar-refractivity contribution in [3.63, 3.8) is 0 Å². The van der Waals surface area contributed by atoms with Gasteiger partial charge in [-0.2, -0.15) is 0 Å². The molecule has 0 aliphatic carbocycles. The normalized spacial score (nSPS) is 18.0. The first-order valence-corrected chi connectivity index (χ1v) is 10.4. The van der Waals surface area contributed by atoms with Crippen LogP contribution in [0.25, 0.3) is 0 Å². The number of carbonyl (C=O) groups excluding carboxylic acids is 1. The van der Waals surface area contributed by atoms with Crippen LogP contribution in [0.5, 0.6) is 0 Å². The summed E-state index contributed by atoms with van der Waals surface area (Å²) in [6.45, 7) is 11.9. The molecule has 0 radical (unpaired) electrons. The van der Waals surface area contributed by atoms with Crippen molar-refractivity contribution in [3.05, 3.63) is 57.6 Å². The third kappa shape index (κ3) is 4.18. The molecule has 0 saturated heterocycles. The maximum Gasteiger partial charge on any atom is 0.337 e. The van der Waals surface area contributed by atoms with Crippen LogP contribution in [0.1, 0.15) is 67.1 Å². The highest BCUT2D eigenvalue weighted by molar-refractivity contribution is 6.33. The molecular weight excluding hydrogens is 384 g/mol. The molecule has 0 bridgehead atoms. The number of methoxy groups -OCH3 is 1. The highest BCUT2D eigenvalue weighted by Gasteiger charge is 2.35. The van der Waals surface area contributed by atoms with Gasteiger partial charge >= 0.3 is 5.97 Å². The minimum absolute atomic E-state index is 0.103. The van der Waals surface area contributed by atoms with E-state index in [9.17, 15) is 4.79 Å². The topological polar surface area (TPSA) is 41.9 Å². The molecule has 3 rings (SSSR count). The van der Waals surface area contributed by atoms with Crippen molar-refractivity contribution in [2.24, 2.45) is 4.99 Å². The minimum Gasteiger partial charge on any atom is -0.465 e. The van der Waals surface area contributed by atoms with Crippen LogP contribution < -0.4 is 4.90 Å². The van der Waals surface area contributed by atoms with Gasteiger partial charge in [-0.1, -0.05) is 24.6 Å². The van der Waals surface area contributed by atoms with Crippen LogP contribution in [0.3, 0.4) is 0 Å². The maximum absolute atomic E-state index is 11.8. The number of aliphatic imine (C=N–C) groups is 1. The van der Waals surface area contributed by atoms with Gasteiger partial charge in [0.1, 0.15) is 0 Å². The van der Waals surface area contributed by atoms with Crippen LogP contribution in [0.4, 0.5) is 11.4 Å². The van der Waals surface area contributed by atoms with Gasteiger partial charge in [0.15, 0.2) is 0 Å². The number of nitrogens with zero attached hydrogens (tertiary/aromatic N) is 2. The highest BCUT2D eigenvalue weighted by atomic mass is 35.5. The molecule has 1 heterocycles. The summed E-state index contributed by atoms with van der Waals surface area (Å²) in [5, 5.41) is 0.678. The molecule has 29 heavy (non-hydrogen) atoms. The standard InChI is InChI=1S/C24H29ClN2O2/c1-7-27-22-12-20(25)18(10-19(22)16(3)13-24(27,4)5)14-26-21-11-17(23(28)29-6)9-8-15(21)2/h8-12,14,16H,7,13H2,1-6H3. The van der Waals surface area contributed by atoms with Crippen LogP contribution in [0.15, 0.2) is 35.3 Å². The molecule has 0 fully saturated rings. The summed E-state index contributed by atoms with van der Waals surface area (Å²) in [5.41, 5.74) is 5.69. The Hall–Kier alpha value is -2.33. The molecule has 5 heteroatoms. The van der Waals surface area contributed by atoms with Gasteiger partial charge in [-0.3, -0.25) is 4.99 Å². The zero-order chi connectivity index (χ0) is 21.3. The third-order valence-corrected chi connectivity index (χ3v) is 6.12. The zero-order valence-electron chi connectivity index (χ0n) is 18.0. The van der Waals surface area contributed by atoms with E-state index in [1.807, 2.05) is 13.0 Å². The smallest absolute Gasteiger partial charge is 0.337 e. The molecule has 1 unspecified atom stereocenters. The van der Waals surface area contributed by atoms with Gasteiger partial charge in [0, 0.05) is 29.5 Å². The molecule has 4 nitrogen and oxygen atoms in total. The largest absolute Gasteiger partial charge is 0.465 e. The number of benzene rings is 2. The van der Waals surface area contributed by atoms with E-state index in [4.69, 9.17) is 16.3 Å². The molecule has 2 aromatic rings. The van der Waals surface area contributed by atoms with Gasteiger partial charge < -0.3 is 9.64 Å². The summed E-state index contributed by atoms with van der Waals surface area (Å²) in [7, 11) is 1.38. The Morgan fingerprint density at radius 2 is 2.07 bits per heavy atom. The van der Waals surface area contributed by atoms with Gasteiger partial charge in [0.25, 0.3) is 0 Å². The summed E-state index contributed by atoms with van der Waals surface area (Å²) in [6.07, 6.45) is 2.88. The summed E-state index contributed by atoms with van der Waals surface area (Å²) in [5.74, 6) is 0.0703. The van der Waals surface area contributed by atoms with Crippen LogP contribution >= 0.6 is 11.6 Å². The molecular formula is C24H29ClN2O2. The van der Waals surface area contributed by atoms with E-state index < -0.39 is 0 Å². The second-order valence-electron chi connectivity index (χ2n) is 8.35. The van der Waals surface area contributed by atoms with E-state index in [1.54, 1.807) is 18.3 Å². The average molecular weight is 413 g/mol. The SMILES string of the molecule is CCN1c2cc(Cl)c(C=Nc3cc(C(=O)OC)ccc3C)cc2C(C)CC1(C)C. The first-order chi connectivity index (χ1) is 13.7. The first kappa shape index (κ1) is 21.4. The third-order valence-electron chi connectivity index (χ3n) is 5.79. The molecule has 2 aromatic carbocycles. The number of esters is 1. The minimum atomic E-state index is -0.371. The lowest BCUT2D eigenvalue weighted by atomic mass is 9.79. The molecule has 1 aliphatic rings. The molecule has 0 spiro atoms. The number of aryl methyl sites for hydroxylation is 1. The van der Waals surface area contributed by atoms with Crippen molar-refractivity contribution < 1.29 is 9.53 Å². The van der Waals surface area contributed by atoms with Gasteiger partial charge in [-0.15, -0.1) is 0 Å². The van der Waals surface area contributed by atoms with Gasteiger partial charge in [-0.05, 0) is 75.4 Å². The quantitative estimate of drug-likeness (QED) is 0.437. The fourth-order valence-electron chi connectivity index (χ4n) is 4.35. The van der Waals surface area contributed by atoms with Crippen molar-refractivity contribution in [1.29, 1.82) is 0 Å². The molecule has 0 saturated carbocycles. The van der Waals surface area contributed by atoms with Crippen LogP contribution in [0.2, 0.25) is 5.02 Å². The number of rotatable bonds is 4. The van der Waals surface area contributed by atoms with Crippen LogP contribution in [-0.2, 0) is 4.74 Å². The molecule has 0 N–H and O–H groups in total. The van der Waals surface area contributed by atoms with E-state index >= 15 is 0 Å². The van der Waals surface area contributed by atoms with Crippen molar-refractivity contribution in [2.45, 2.75) is 52.5 Å². The summed E-state index contributed by atoms with van der Waals surface area (Å²) in [6, 6.07) is 9.58. The first-order valence-electron chi connectivity index (χ1n) is 10.0. The number of carbonyl (C=O) groups is 1. The number of anilines is 1. The number of fused-ring (bicyclic) bond motifs is 1. The summed E-state index contributed by atoms with van der Waals surface area (Å²) in [4.78, 5) is 18.9. The van der Waals surface area contributed by atoms with Crippen LogP contribution in [0, 0.1) is 6.92 Å². The fraction of sp³-hybridized carbons (Fsp3) is 0.417. The number of halogens is 1. The Morgan fingerprint density at radius 1 is 1.34 bits per heavy atom. The maximum atomic E-state index is 11.8. The lowest BCUT2D eigenvalue weighted by molar-refractivity contribution is 0.0601.